The Bertz CT molecular complexity index is 430. The molecule has 0 fully saturated rings. The molecular formula is C22H49NO6P+. The summed E-state index contributed by atoms with van der Waals surface area (Å²) < 4.78 is 33.5. The van der Waals surface area contributed by atoms with Crippen LogP contribution in [-0.2, 0) is 23.1 Å². The third kappa shape index (κ3) is 21.2. The van der Waals surface area contributed by atoms with Crippen molar-refractivity contribution in [3.05, 3.63) is 0 Å². The van der Waals surface area contributed by atoms with Crippen LogP contribution in [-0.4, -0.2) is 76.7 Å². The quantitative estimate of drug-likeness (QED) is 0.138. The van der Waals surface area contributed by atoms with E-state index in [0.717, 1.165) is 6.42 Å². The molecule has 1 N–H and O–H groups in total. The summed E-state index contributed by atoms with van der Waals surface area (Å²) in [7, 11) is 3.44. The summed E-state index contributed by atoms with van der Waals surface area (Å²) >= 11 is 0. The molecule has 182 valence electrons. The van der Waals surface area contributed by atoms with E-state index >= 15 is 0 Å². The van der Waals surface area contributed by atoms with E-state index in [2.05, 4.69) is 6.92 Å². The van der Waals surface area contributed by atoms with Crippen molar-refractivity contribution in [3.63, 3.8) is 0 Å². The molecule has 0 aliphatic rings. The molecular weight excluding hydrogens is 405 g/mol. The summed E-state index contributed by atoms with van der Waals surface area (Å²) in [6.45, 7) is 4.01. The van der Waals surface area contributed by atoms with Crippen LogP contribution in [0.3, 0.4) is 0 Å². The zero-order valence-corrected chi connectivity index (χ0v) is 21.2. The average molecular weight is 455 g/mol. The molecule has 7 nitrogen and oxygen atoms in total. The number of methoxy groups -OCH3 is 1. The zero-order valence-electron chi connectivity index (χ0n) is 20.3. The lowest BCUT2D eigenvalue weighted by Crippen LogP contribution is -2.37. The van der Waals surface area contributed by atoms with E-state index in [0.29, 0.717) is 24.2 Å². The molecule has 0 spiro atoms. The number of ether oxygens (including phenoxy) is 2. The van der Waals surface area contributed by atoms with Crippen LogP contribution in [0.15, 0.2) is 0 Å². The molecule has 0 saturated carbocycles. The molecule has 0 heterocycles. The number of unbranched alkanes of at least 4 members (excludes halogenated alkanes) is 10. The van der Waals surface area contributed by atoms with Crippen LogP contribution in [0.4, 0.5) is 0 Å². The Morgan fingerprint density at radius 3 is 1.83 bits per heavy atom. The molecule has 0 bridgehead atoms. The Hall–Kier alpha value is -0.0100. The van der Waals surface area contributed by atoms with Gasteiger partial charge in [-0.15, -0.1) is 0 Å². The lowest BCUT2D eigenvalue weighted by atomic mass is 10.1. The molecule has 2 unspecified atom stereocenters. The van der Waals surface area contributed by atoms with Gasteiger partial charge in [-0.1, -0.05) is 71.1 Å². The summed E-state index contributed by atoms with van der Waals surface area (Å²) in [5.74, 6) is 0. The third-order valence-electron chi connectivity index (χ3n) is 4.97. The first-order chi connectivity index (χ1) is 14.2. The van der Waals surface area contributed by atoms with Gasteiger partial charge >= 0.3 is 7.82 Å². The fourth-order valence-corrected chi connectivity index (χ4v) is 3.65. The molecule has 30 heavy (non-hydrogen) atoms. The van der Waals surface area contributed by atoms with E-state index in [1.165, 1.54) is 64.2 Å². The van der Waals surface area contributed by atoms with E-state index in [1.54, 1.807) is 7.11 Å². The Morgan fingerprint density at radius 1 is 0.800 bits per heavy atom. The van der Waals surface area contributed by atoms with Crippen LogP contribution < -0.4 is 0 Å². The first-order valence-corrected chi connectivity index (χ1v) is 13.2. The lowest BCUT2D eigenvalue weighted by Gasteiger charge is -2.24. The van der Waals surface area contributed by atoms with Crippen molar-refractivity contribution in [1.82, 2.24) is 0 Å². The summed E-state index contributed by atoms with van der Waals surface area (Å²) in [6, 6.07) is 0. The second-order valence-corrected chi connectivity index (χ2v) is 10.5. The Kier molecular flexibility index (Phi) is 18.5. The monoisotopic (exact) mass is 454 g/mol. The topological polar surface area (TPSA) is 74.2 Å². The third-order valence-corrected chi connectivity index (χ3v) is 5.95. The predicted octanol–water partition coefficient (Wildman–Crippen LogP) is 5.17. The maximum atomic E-state index is 11.9. The maximum Gasteiger partial charge on any atom is 0.472 e. The van der Waals surface area contributed by atoms with Crippen molar-refractivity contribution in [2.75, 3.05) is 61.2 Å². The standard InChI is InChI=1S/C22H48NO6P/c1-6-7-8-9-10-11-12-13-14-15-16-18-27-20-22(26-5)21-29-30(24,25)28-19-17-23(2,3)4/h22H,6-21H2,1-5H3/p+1. The molecule has 0 radical (unpaired) electrons. The zero-order chi connectivity index (χ0) is 22.7. The van der Waals surface area contributed by atoms with Crippen LogP contribution in [0.5, 0.6) is 0 Å². The molecule has 0 amide bonds. The van der Waals surface area contributed by atoms with Crippen molar-refractivity contribution in [2.24, 2.45) is 0 Å². The molecule has 0 aliphatic carbocycles. The summed E-state index contributed by atoms with van der Waals surface area (Å²) in [6.07, 6.45) is 13.9. The van der Waals surface area contributed by atoms with Crippen molar-refractivity contribution in [2.45, 2.75) is 83.7 Å². The largest absolute Gasteiger partial charge is 0.472 e. The smallest absolute Gasteiger partial charge is 0.379 e. The molecule has 0 aromatic heterocycles. The highest BCUT2D eigenvalue weighted by Gasteiger charge is 2.24. The first-order valence-electron chi connectivity index (χ1n) is 11.7. The van der Waals surface area contributed by atoms with Crippen molar-refractivity contribution in [3.8, 4) is 0 Å². The van der Waals surface area contributed by atoms with E-state index in [1.807, 2.05) is 21.1 Å². The number of nitrogens with zero attached hydrogens (tertiary/aromatic N) is 1. The molecule has 0 rings (SSSR count). The summed E-state index contributed by atoms with van der Waals surface area (Å²) in [5.41, 5.74) is 0. The number of hydrogen-bond acceptors (Lipinski definition) is 5. The Balaban J connectivity index is 3.62. The highest BCUT2D eigenvalue weighted by atomic mass is 31.2. The number of rotatable bonds is 22. The molecule has 2 atom stereocenters. The summed E-state index contributed by atoms with van der Waals surface area (Å²) in [5, 5.41) is 0. The molecule has 8 heteroatoms. The molecule has 0 saturated heterocycles. The van der Waals surface area contributed by atoms with Crippen LogP contribution in [0, 0.1) is 0 Å². The van der Waals surface area contributed by atoms with Gasteiger partial charge in [-0.25, -0.2) is 4.57 Å². The van der Waals surface area contributed by atoms with Crippen LogP contribution in [0.2, 0.25) is 0 Å². The average Bonchev–Trinajstić information content (AvgIpc) is 2.66. The van der Waals surface area contributed by atoms with Gasteiger partial charge in [-0.2, -0.15) is 0 Å². The van der Waals surface area contributed by atoms with E-state index in [9.17, 15) is 9.46 Å². The van der Waals surface area contributed by atoms with Crippen LogP contribution >= 0.6 is 7.82 Å². The van der Waals surface area contributed by atoms with E-state index in [4.69, 9.17) is 18.5 Å². The van der Waals surface area contributed by atoms with Gasteiger partial charge in [-0.3, -0.25) is 9.05 Å². The maximum absolute atomic E-state index is 11.9. The highest BCUT2D eigenvalue weighted by Crippen LogP contribution is 2.43. The van der Waals surface area contributed by atoms with Gasteiger partial charge in [0.2, 0.25) is 0 Å². The van der Waals surface area contributed by atoms with Gasteiger partial charge in [0, 0.05) is 13.7 Å². The number of phosphoric acid groups is 1. The minimum absolute atomic E-state index is 0.0348. The molecule has 0 aromatic rings. The van der Waals surface area contributed by atoms with Gasteiger partial charge < -0.3 is 18.9 Å². The van der Waals surface area contributed by atoms with Crippen LogP contribution in [0.25, 0.3) is 0 Å². The number of likely N-dealkylation sites (N-methyl/N-ethyl adjacent to an activating group) is 1. The number of quaternary nitrogens is 1. The van der Waals surface area contributed by atoms with Gasteiger partial charge in [-0.05, 0) is 6.42 Å². The van der Waals surface area contributed by atoms with E-state index < -0.39 is 7.82 Å². The second-order valence-electron chi connectivity index (χ2n) is 9.08. The van der Waals surface area contributed by atoms with Gasteiger partial charge in [0.1, 0.15) is 19.3 Å². The highest BCUT2D eigenvalue weighted by molar-refractivity contribution is 7.47. The Morgan fingerprint density at radius 2 is 1.33 bits per heavy atom. The normalized spacial score (nSPS) is 15.3. The van der Waals surface area contributed by atoms with Crippen molar-refractivity contribution < 1.29 is 32.5 Å². The first kappa shape index (κ1) is 30.0. The minimum Gasteiger partial charge on any atom is -0.379 e. The number of hydrogen-bond donors (Lipinski definition) is 1. The van der Waals surface area contributed by atoms with E-state index in [-0.39, 0.29) is 19.3 Å². The fourth-order valence-electron chi connectivity index (χ4n) is 2.91. The van der Waals surface area contributed by atoms with Gasteiger partial charge in [0.25, 0.3) is 0 Å². The molecule has 0 aliphatic heterocycles. The van der Waals surface area contributed by atoms with Crippen molar-refractivity contribution >= 4 is 7.82 Å². The Labute approximate surface area is 185 Å². The van der Waals surface area contributed by atoms with Crippen LogP contribution in [0.1, 0.15) is 77.6 Å². The second kappa shape index (κ2) is 18.6. The SMILES string of the molecule is CCCCCCCCCCCCCOCC(COP(=O)(O)OCC[N+](C)(C)C)OC. The van der Waals surface area contributed by atoms with Gasteiger partial charge in [0.15, 0.2) is 0 Å². The minimum atomic E-state index is -4.06. The summed E-state index contributed by atoms with van der Waals surface area (Å²) in [4.78, 5) is 9.75. The number of phosphoric ester groups is 1. The lowest BCUT2D eigenvalue weighted by molar-refractivity contribution is -0.870. The molecule has 0 aromatic carbocycles. The van der Waals surface area contributed by atoms with Crippen molar-refractivity contribution in [1.29, 1.82) is 0 Å². The fraction of sp³-hybridized carbons (Fsp3) is 1.00. The van der Waals surface area contributed by atoms with Gasteiger partial charge in [0.05, 0.1) is 34.4 Å². The predicted molar refractivity (Wildman–Crippen MR) is 123 cm³/mol.